The van der Waals surface area contributed by atoms with Gasteiger partial charge in [-0.25, -0.2) is 8.42 Å². The molecule has 0 bridgehead atoms. The van der Waals surface area contributed by atoms with Gasteiger partial charge in [-0.3, -0.25) is 0 Å². The number of alkyl halides is 1. The van der Waals surface area contributed by atoms with Gasteiger partial charge in [0.2, 0.25) is 0 Å². The minimum atomic E-state index is -3.40. The minimum absolute atomic E-state index is 0.0541. The maximum atomic E-state index is 12.3. The van der Waals surface area contributed by atoms with Crippen molar-refractivity contribution in [3.8, 4) is 0 Å². The van der Waals surface area contributed by atoms with Crippen molar-refractivity contribution >= 4 is 33.0 Å². The molecule has 0 N–H and O–H groups in total. The Labute approximate surface area is 110 Å². The van der Waals surface area contributed by atoms with Gasteiger partial charge in [-0.1, -0.05) is 0 Å². The number of thiophene rings is 1. The van der Waals surface area contributed by atoms with E-state index in [1.54, 1.807) is 18.5 Å². The first-order valence-corrected chi connectivity index (χ1v) is 8.10. The molecule has 1 atom stereocenters. The molecule has 0 aliphatic carbocycles. The van der Waals surface area contributed by atoms with Crippen molar-refractivity contribution in [3.05, 3.63) is 17.0 Å². The van der Waals surface area contributed by atoms with E-state index >= 15 is 0 Å². The second kappa shape index (κ2) is 5.24. The summed E-state index contributed by atoms with van der Waals surface area (Å²) in [7, 11) is -1.79. The lowest BCUT2D eigenvalue weighted by molar-refractivity contribution is 0.181. The Bertz CT molecular complexity index is 479. The molecule has 0 amide bonds. The van der Waals surface area contributed by atoms with E-state index in [0.717, 1.165) is 12.0 Å². The molecule has 1 aliphatic rings. The number of ether oxygens (including phenoxy) is 1. The number of rotatable bonds is 4. The third kappa shape index (κ3) is 2.66. The first-order chi connectivity index (χ1) is 8.05. The van der Waals surface area contributed by atoms with Crippen LogP contribution in [0.2, 0.25) is 0 Å². The number of sulfonamides is 1. The summed E-state index contributed by atoms with van der Waals surface area (Å²) in [4.78, 5) is 0. The molecule has 1 aromatic rings. The largest absolute Gasteiger partial charge is 0.380 e. The fourth-order valence-electron chi connectivity index (χ4n) is 1.71. The maximum Gasteiger partial charge on any atom is 0.252 e. The molecule has 96 valence electrons. The van der Waals surface area contributed by atoms with Crippen LogP contribution in [0.5, 0.6) is 0 Å². The van der Waals surface area contributed by atoms with Gasteiger partial charge in [0, 0.05) is 19.5 Å². The van der Waals surface area contributed by atoms with Crippen LogP contribution in [0.25, 0.3) is 0 Å². The van der Waals surface area contributed by atoms with Crippen LogP contribution in [-0.4, -0.2) is 39.0 Å². The number of hydrogen-bond donors (Lipinski definition) is 0. The fraction of sp³-hybridized carbons (Fsp3) is 0.600. The molecule has 0 radical (unpaired) electrons. The van der Waals surface area contributed by atoms with Crippen LogP contribution in [0.4, 0.5) is 0 Å². The first kappa shape index (κ1) is 13.3. The van der Waals surface area contributed by atoms with E-state index in [9.17, 15) is 8.42 Å². The van der Waals surface area contributed by atoms with Crippen molar-refractivity contribution in [2.24, 2.45) is 0 Å². The molecule has 1 fully saturated rings. The lowest BCUT2D eigenvalue weighted by atomic mass is 10.3. The Balaban J connectivity index is 2.22. The van der Waals surface area contributed by atoms with E-state index in [2.05, 4.69) is 0 Å². The van der Waals surface area contributed by atoms with Crippen LogP contribution in [-0.2, 0) is 20.6 Å². The van der Waals surface area contributed by atoms with E-state index in [4.69, 9.17) is 16.3 Å². The van der Waals surface area contributed by atoms with E-state index < -0.39 is 10.0 Å². The van der Waals surface area contributed by atoms with Crippen LogP contribution in [0.15, 0.2) is 15.7 Å². The molecule has 1 aromatic heterocycles. The van der Waals surface area contributed by atoms with Crippen LogP contribution in [0.1, 0.15) is 12.0 Å². The Morgan fingerprint density at radius 2 is 2.41 bits per heavy atom. The summed E-state index contributed by atoms with van der Waals surface area (Å²) in [5, 5.41) is 1.78. The monoisotopic (exact) mass is 295 g/mol. The third-order valence-electron chi connectivity index (χ3n) is 2.84. The van der Waals surface area contributed by atoms with E-state index in [1.807, 2.05) is 0 Å². The summed E-state index contributed by atoms with van der Waals surface area (Å²) in [6.07, 6.45) is 0.753. The Kier molecular flexibility index (Phi) is 4.10. The molecule has 2 heterocycles. The molecule has 0 saturated carbocycles. The average molecular weight is 296 g/mol. The summed E-state index contributed by atoms with van der Waals surface area (Å²) in [6, 6.07) is 1.58. The van der Waals surface area contributed by atoms with Gasteiger partial charge >= 0.3 is 0 Å². The molecule has 1 unspecified atom stereocenters. The smallest absolute Gasteiger partial charge is 0.252 e. The predicted octanol–water partition coefficient (Wildman–Crippen LogP) is 1.90. The van der Waals surface area contributed by atoms with Crippen LogP contribution >= 0.6 is 22.9 Å². The second-order valence-electron chi connectivity index (χ2n) is 3.95. The van der Waals surface area contributed by atoms with Crippen molar-refractivity contribution in [2.75, 3.05) is 20.3 Å². The second-order valence-corrected chi connectivity index (χ2v) is 7.35. The predicted molar refractivity (Wildman–Crippen MR) is 68.0 cm³/mol. The highest BCUT2D eigenvalue weighted by molar-refractivity contribution is 7.91. The summed E-state index contributed by atoms with van der Waals surface area (Å²) < 4.78 is 31.5. The van der Waals surface area contributed by atoms with Gasteiger partial charge in [-0.15, -0.1) is 22.9 Å². The fourth-order valence-corrected chi connectivity index (χ4v) is 4.72. The summed E-state index contributed by atoms with van der Waals surface area (Å²) >= 11 is 6.89. The van der Waals surface area contributed by atoms with E-state index in [-0.39, 0.29) is 6.04 Å². The summed E-state index contributed by atoms with van der Waals surface area (Å²) in [5.74, 6) is 0.336. The first-order valence-electron chi connectivity index (χ1n) is 5.25. The highest BCUT2D eigenvalue weighted by atomic mass is 35.5. The number of likely N-dealkylation sites (N-methyl/N-ethyl adjacent to an activating group) is 1. The van der Waals surface area contributed by atoms with Crippen LogP contribution in [0.3, 0.4) is 0 Å². The minimum Gasteiger partial charge on any atom is -0.380 e. The van der Waals surface area contributed by atoms with Gasteiger partial charge in [0.25, 0.3) is 10.0 Å². The number of nitrogens with zero attached hydrogens (tertiary/aromatic N) is 1. The molecule has 4 nitrogen and oxygen atoms in total. The highest BCUT2D eigenvalue weighted by Gasteiger charge is 2.31. The topological polar surface area (TPSA) is 46.6 Å². The van der Waals surface area contributed by atoms with Crippen LogP contribution in [0, 0.1) is 0 Å². The van der Waals surface area contributed by atoms with E-state index in [1.165, 1.54) is 15.6 Å². The SMILES string of the molecule is CN(C1CCOC1)S(=O)(=O)c1cc(CCl)cs1. The van der Waals surface area contributed by atoms with Crippen molar-refractivity contribution in [3.63, 3.8) is 0 Å². The van der Waals surface area contributed by atoms with Gasteiger partial charge in [0.15, 0.2) is 0 Å². The van der Waals surface area contributed by atoms with Gasteiger partial charge in [-0.05, 0) is 23.4 Å². The van der Waals surface area contributed by atoms with Gasteiger partial charge in [-0.2, -0.15) is 4.31 Å². The molecule has 1 aliphatic heterocycles. The van der Waals surface area contributed by atoms with Gasteiger partial charge in [0.05, 0.1) is 12.6 Å². The number of halogens is 1. The molecular weight excluding hydrogens is 282 g/mol. The third-order valence-corrected chi connectivity index (χ3v) is 6.52. The maximum absolute atomic E-state index is 12.3. The van der Waals surface area contributed by atoms with Crippen molar-refractivity contribution < 1.29 is 13.2 Å². The van der Waals surface area contributed by atoms with Crippen molar-refractivity contribution in [1.29, 1.82) is 0 Å². The zero-order valence-corrected chi connectivity index (χ0v) is 11.8. The Morgan fingerprint density at radius 3 is 2.94 bits per heavy atom. The summed E-state index contributed by atoms with van der Waals surface area (Å²) in [5.41, 5.74) is 0.839. The summed E-state index contributed by atoms with van der Waals surface area (Å²) in [6.45, 7) is 1.10. The van der Waals surface area contributed by atoms with Crippen LogP contribution < -0.4 is 0 Å². The zero-order valence-electron chi connectivity index (χ0n) is 9.43. The molecular formula is C10H14ClNO3S2. The van der Waals surface area contributed by atoms with Gasteiger partial charge in [0.1, 0.15) is 4.21 Å². The highest BCUT2D eigenvalue weighted by Crippen LogP contribution is 2.26. The Morgan fingerprint density at radius 1 is 1.65 bits per heavy atom. The van der Waals surface area contributed by atoms with E-state index in [0.29, 0.717) is 23.3 Å². The zero-order chi connectivity index (χ0) is 12.5. The quantitative estimate of drug-likeness (QED) is 0.797. The standard InChI is InChI=1S/C10H14ClNO3S2/c1-12(9-2-3-15-6-9)17(13,14)10-4-8(5-11)7-16-10/h4,7,9H,2-3,5-6H2,1H3. The average Bonchev–Trinajstić information content (AvgIpc) is 2.98. The molecule has 2 rings (SSSR count). The number of hydrogen-bond acceptors (Lipinski definition) is 4. The molecule has 7 heteroatoms. The van der Waals surface area contributed by atoms with Crippen molar-refractivity contribution in [2.45, 2.75) is 22.6 Å². The lowest BCUT2D eigenvalue weighted by Crippen LogP contribution is -2.36. The lowest BCUT2D eigenvalue weighted by Gasteiger charge is -2.21. The normalized spacial score (nSPS) is 21.2. The molecule has 1 saturated heterocycles. The van der Waals surface area contributed by atoms with Crippen molar-refractivity contribution in [1.82, 2.24) is 4.31 Å². The molecule has 0 aromatic carbocycles. The molecule has 17 heavy (non-hydrogen) atoms. The Hall–Kier alpha value is -0.140. The molecule has 0 spiro atoms. The van der Waals surface area contributed by atoms with Gasteiger partial charge < -0.3 is 4.74 Å².